The maximum absolute atomic E-state index is 13.9. The van der Waals surface area contributed by atoms with Crippen molar-refractivity contribution in [1.29, 1.82) is 0 Å². The van der Waals surface area contributed by atoms with Crippen LogP contribution in [-0.4, -0.2) is 33.8 Å². The van der Waals surface area contributed by atoms with E-state index >= 15 is 0 Å². The van der Waals surface area contributed by atoms with E-state index in [0.717, 1.165) is 10.8 Å². The quantitative estimate of drug-likeness (QED) is 0.628. The second kappa shape index (κ2) is 7.80. The Kier molecular flexibility index (Phi) is 5.50. The molecule has 0 aliphatic rings. The van der Waals surface area contributed by atoms with Gasteiger partial charge < -0.3 is 4.90 Å². The van der Waals surface area contributed by atoms with Gasteiger partial charge in [-0.2, -0.15) is 5.10 Å². The van der Waals surface area contributed by atoms with Crippen molar-refractivity contribution in [3.8, 4) is 0 Å². The summed E-state index contributed by atoms with van der Waals surface area (Å²) in [4.78, 5) is 13.8. The first-order valence-corrected chi connectivity index (χ1v) is 8.92. The Balaban J connectivity index is 1.68. The molecule has 1 heterocycles. The summed E-state index contributed by atoms with van der Waals surface area (Å²) < 4.78 is 13.9. The molecule has 2 aromatic carbocycles. The van der Waals surface area contributed by atoms with E-state index in [2.05, 4.69) is 10.2 Å². The van der Waals surface area contributed by atoms with Crippen molar-refractivity contribution in [2.75, 3.05) is 12.8 Å². The molecule has 0 N–H and O–H groups in total. The molecule has 4 nitrogen and oxygen atoms in total. The average molecular weight is 376 g/mol. The summed E-state index contributed by atoms with van der Waals surface area (Å²) in [6.07, 6.45) is 1.69. The standard InChI is InChI=1S/C18H15ClFN3OS/c1-23(10-14-15(19)7-4-8-16(14)20)17(24)11-25-18-13-6-3-2-5-12(13)9-21-22-18/h2-9H,10-11H2,1H3. The minimum atomic E-state index is -0.417. The van der Waals surface area contributed by atoms with Gasteiger partial charge in [0.05, 0.1) is 11.9 Å². The van der Waals surface area contributed by atoms with Crippen LogP contribution in [0.4, 0.5) is 4.39 Å². The van der Waals surface area contributed by atoms with Crippen LogP contribution in [0.3, 0.4) is 0 Å². The lowest BCUT2D eigenvalue weighted by atomic mass is 10.2. The van der Waals surface area contributed by atoms with Gasteiger partial charge in [0.1, 0.15) is 10.8 Å². The summed E-state index contributed by atoms with van der Waals surface area (Å²) in [5.41, 5.74) is 0.315. The van der Waals surface area contributed by atoms with E-state index in [1.54, 1.807) is 19.3 Å². The molecule has 0 bridgehead atoms. The number of nitrogens with zero attached hydrogens (tertiary/aromatic N) is 3. The maximum atomic E-state index is 13.9. The molecule has 0 saturated carbocycles. The van der Waals surface area contributed by atoms with Crippen LogP contribution in [0.1, 0.15) is 5.56 Å². The number of fused-ring (bicyclic) bond motifs is 1. The van der Waals surface area contributed by atoms with E-state index in [0.29, 0.717) is 15.6 Å². The molecule has 128 valence electrons. The summed E-state index contributed by atoms with van der Waals surface area (Å²) >= 11 is 7.33. The largest absolute Gasteiger partial charge is 0.341 e. The Morgan fingerprint density at radius 3 is 2.84 bits per heavy atom. The van der Waals surface area contributed by atoms with Gasteiger partial charge in [0.15, 0.2) is 0 Å². The van der Waals surface area contributed by atoms with Gasteiger partial charge in [-0.15, -0.1) is 5.10 Å². The summed E-state index contributed by atoms with van der Waals surface area (Å²) in [5, 5.41) is 11.0. The third-order valence-electron chi connectivity index (χ3n) is 3.75. The molecule has 0 fully saturated rings. The molecule has 3 rings (SSSR count). The Morgan fingerprint density at radius 1 is 1.24 bits per heavy atom. The predicted molar refractivity (Wildman–Crippen MR) is 98.1 cm³/mol. The zero-order valence-electron chi connectivity index (χ0n) is 13.4. The molecule has 3 aromatic rings. The molecule has 1 amide bonds. The first kappa shape index (κ1) is 17.6. The number of amides is 1. The predicted octanol–water partition coefficient (Wildman–Crippen LogP) is 4.17. The smallest absolute Gasteiger partial charge is 0.233 e. The van der Waals surface area contributed by atoms with E-state index in [1.807, 2.05) is 24.3 Å². The SMILES string of the molecule is CN(Cc1c(F)cccc1Cl)C(=O)CSc1nncc2ccccc12. The molecular weight excluding hydrogens is 361 g/mol. The second-order valence-corrected chi connectivity index (χ2v) is 6.85. The molecule has 0 radical (unpaired) electrons. The fourth-order valence-electron chi connectivity index (χ4n) is 2.36. The lowest BCUT2D eigenvalue weighted by molar-refractivity contribution is -0.127. The van der Waals surface area contributed by atoms with Gasteiger partial charge in [0.2, 0.25) is 5.91 Å². The van der Waals surface area contributed by atoms with Gasteiger partial charge in [-0.3, -0.25) is 4.79 Å². The van der Waals surface area contributed by atoms with Gasteiger partial charge in [-0.25, -0.2) is 4.39 Å². The topological polar surface area (TPSA) is 46.1 Å². The van der Waals surface area contributed by atoms with Crippen LogP contribution in [0.2, 0.25) is 5.02 Å². The van der Waals surface area contributed by atoms with Crippen molar-refractivity contribution < 1.29 is 9.18 Å². The van der Waals surface area contributed by atoms with Crippen molar-refractivity contribution in [2.24, 2.45) is 0 Å². The highest BCUT2D eigenvalue weighted by atomic mass is 35.5. The third-order valence-corrected chi connectivity index (χ3v) is 5.07. The first-order valence-electron chi connectivity index (χ1n) is 7.56. The normalized spacial score (nSPS) is 10.8. The van der Waals surface area contributed by atoms with Crippen molar-refractivity contribution in [3.05, 3.63) is 65.1 Å². The van der Waals surface area contributed by atoms with Crippen LogP contribution in [0.25, 0.3) is 10.8 Å². The van der Waals surface area contributed by atoms with E-state index in [-0.39, 0.29) is 18.2 Å². The summed E-state index contributed by atoms with van der Waals surface area (Å²) in [7, 11) is 1.63. The molecule has 0 aliphatic heterocycles. The Hall–Kier alpha value is -2.18. The highest BCUT2D eigenvalue weighted by molar-refractivity contribution is 8.00. The number of hydrogen-bond donors (Lipinski definition) is 0. The van der Waals surface area contributed by atoms with E-state index in [4.69, 9.17) is 11.6 Å². The highest BCUT2D eigenvalue weighted by Crippen LogP contribution is 2.25. The van der Waals surface area contributed by atoms with Gasteiger partial charge in [0, 0.05) is 35.0 Å². The van der Waals surface area contributed by atoms with Crippen LogP contribution in [0, 0.1) is 5.82 Å². The fraction of sp³-hybridized carbons (Fsp3) is 0.167. The van der Waals surface area contributed by atoms with Crippen LogP contribution >= 0.6 is 23.4 Å². The van der Waals surface area contributed by atoms with Gasteiger partial charge in [-0.05, 0) is 12.1 Å². The van der Waals surface area contributed by atoms with Gasteiger partial charge in [-0.1, -0.05) is 53.7 Å². The first-order chi connectivity index (χ1) is 12.1. The second-order valence-electron chi connectivity index (χ2n) is 5.48. The van der Waals surface area contributed by atoms with Crippen LogP contribution in [0.5, 0.6) is 0 Å². The molecular formula is C18H15ClFN3OS. The number of benzene rings is 2. The monoisotopic (exact) mass is 375 g/mol. The van der Waals surface area contributed by atoms with E-state index in [1.165, 1.54) is 28.8 Å². The molecule has 7 heteroatoms. The summed E-state index contributed by atoms with van der Waals surface area (Å²) in [6.45, 7) is 0.117. The zero-order chi connectivity index (χ0) is 17.8. The highest BCUT2D eigenvalue weighted by Gasteiger charge is 2.15. The maximum Gasteiger partial charge on any atom is 0.233 e. The van der Waals surface area contributed by atoms with Crippen LogP contribution in [0.15, 0.2) is 53.7 Å². The minimum Gasteiger partial charge on any atom is -0.341 e. The third kappa shape index (κ3) is 4.08. The number of halogens is 2. The molecule has 25 heavy (non-hydrogen) atoms. The van der Waals surface area contributed by atoms with E-state index < -0.39 is 5.82 Å². The van der Waals surface area contributed by atoms with Crippen molar-refractivity contribution >= 4 is 40.0 Å². The van der Waals surface area contributed by atoms with Crippen molar-refractivity contribution in [1.82, 2.24) is 15.1 Å². The lowest BCUT2D eigenvalue weighted by Gasteiger charge is -2.18. The number of aromatic nitrogens is 2. The number of thioether (sulfide) groups is 1. The molecule has 0 atom stereocenters. The number of carbonyl (C=O) groups is 1. The minimum absolute atomic E-state index is 0.117. The Morgan fingerprint density at radius 2 is 2.04 bits per heavy atom. The Labute approximate surface area is 154 Å². The molecule has 0 unspecified atom stereocenters. The van der Waals surface area contributed by atoms with Crippen LogP contribution < -0.4 is 0 Å². The van der Waals surface area contributed by atoms with Crippen molar-refractivity contribution in [2.45, 2.75) is 11.6 Å². The Bertz CT molecular complexity index is 896. The number of hydrogen-bond acceptors (Lipinski definition) is 4. The molecule has 0 saturated heterocycles. The van der Waals surface area contributed by atoms with Crippen molar-refractivity contribution in [3.63, 3.8) is 0 Å². The van der Waals surface area contributed by atoms with Gasteiger partial charge in [0.25, 0.3) is 0 Å². The van der Waals surface area contributed by atoms with Gasteiger partial charge >= 0.3 is 0 Å². The molecule has 0 aliphatic carbocycles. The molecule has 1 aromatic heterocycles. The van der Waals surface area contributed by atoms with E-state index in [9.17, 15) is 9.18 Å². The number of carbonyl (C=O) groups excluding carboxylic acids is 1. The summed E-state index contributed by atoms with van der Waals surface area (Å²) in [5.74, 6) is -0.371. The number of rotatable bonds is 5. The summed E-state index contributed by atoms with van der Waals surface area (Å²) in [6, 6.07) is 12.2. The average Bonchev–Trinajstić information content (AvgIpc) is 2.62. The fourth-order valence-corrected chi connectivity index (χ4v) is 3.51. The molecule has 0 spiro atoms. The lowest BCUT2D eigenvalue weighted by Crippen LogP contribution is -2.28. The van der Waals surface area contributed by atoms with Crippen LogP contribution in [-0.2, 0) is 11.3 Å². The zero-order valence-corrected chi connectivity index (χ0v) is 15.0.